The molecule has 0 unspecified atom stereocenters. The first-order valence-corrected chi connectivity index (χ1v) is 9.11. The van der Waals surface area contributed by atoms with E-state index in [-0.39, 0.29) is 23.3 Å². The minimum absolute atomic E-state index is 0.0130. The van der Waals surface area contributed by atoms with Gasteiger partial charge in [0.05, 0.1) is 5.75 Å². The van der Waals surface area contributed by atoms with Gasteiger partial charge in [-0.2, -0.15) is 0 Å². The van der Waals surface area contributed by atoms with E-state index in [1.165, 1.54) is 30.5 Å². The molecule has 0 radical (unpaired) electrons. The van der Waals surface area contributed by atoms with E-state index in [2.05, 4.69) is 0 Å². The Morgan fingerprint density at radius 2 is 2.00 bits per heavy atom. The highest BCUT2D eigenvalue weighted by Crippen LogP contribution is 2.21. The molecular weight excluding hydrogens is 293 g/mol. The van der Waals surface area contributed by atoms with Gasteiger partial charge < -0.3 is 4.90 Å². The molecule has 2 rings (SSSR count). The van der Waals surface area contributed by atoms with Gasteiger partial charge in [0.2, 0.25) is 0 Å². The Labute approximate surface area is 124 Å². The minimum atomic E-state index is -2.99. The molecule has 0 bridgehead atoms. The molecule has 1 aliphatic rings. The lowest BCUT2D eigenvalue weighted by Crippen LogP contribution is -2.40. The molecule has 1 aliphatic heterocycles. The fourth-order valence-electron chi connectivity index (χ4n) is 2.62. The van der Waals surface area contributed by atoms with Crippen LogP contribution in [0.3, 0.4) is 0 Å². The summed E-state index contributed by atoms with van der Waals surface area (Å²) in [6.45, 7) is 1.86. The molecule has 4 nitrogen and oxygen atoms in total. The van der Waals surface area contributed by atoms with Gasteiger partial charge >= 0.3 is 0 Å². The molecule has 116 valence electrons. The van der Waals surface area contributed by atoms with Gasteiger partial charge in [0.25, 0.3) is 0 Å². The number of likely N-dealkylation sites (tertiary alicyclic amines) is 1. The smallest absolute Gasteiger partial charge is 0.167 e. The first-order chi connectivity index (χ1) is 9.85. The van der Waals surface area contributed by atoms with E-state index >= 15 is 0 Å². The van der Waals surface area contributed by atoms with E-state index in [1.807, 2.05) is 4.90 Å². The average Bonchev–Trinajstić information content (AvgIpc) is 2.45. The van der Waals surface area contributed by atoms with Gasteiger partial charge in [-0.15, -0.1) is 0 Å². The van der Waals surface area contributed by atoms with Crippen LogP contribution in [0.25, 0.3) is 0 Å². The Morgan fingerprint density at radius 3 is 2.62 bits per heavy atom. The van der Waals surface area contributed by atoms with Crippen molar-refractivity contribution in [2.24, 2.45) is 5.92 Å². The van der Waals surface area contributed by atoms with E-state index in [0.717, 1.165) is 19.4 Å². The lowest BCUT2D eigenvalue weighted by Gasteiger charge is -2.31. The van der Waals surface area contributed by atoms with Crippen LogP contribution in [0.2, 0.25) is 0 Å². The van der Waals surface area contributed by atoms with Crippen molar-refractivity contribution in [2.75, 3.05) is 31.6 Å². The van der Waals surface area contributed by atoms with Crippen molar-refractivity contribution in [1.29, 1.82) is 0 Å². The van der Waals surface area contributed by atoms with Gasteiger partial charge in [0, 0.05) is 30.8 Å². The second kappa shape index (κ2) is 6.66. The lowest BCUT2D eigenvalue weighted by molar-refractivity contribution is 0.0826. The SMILES string of the molecule is CS(=O)(=O)CCN1CCC[C@H](C(=O)c2ccc(F)cc2)C1. The maximum Gasteiger partial charge on any atom is 0.167 e. The zero-order chi connectivity index (χ0) is 15.5. The number of ketones is 1. The first-order valence-electron chi connectivity index (χ1n) is 7.05. The number of Topliss-reactive ketones (excluding diaryl/α,β-unsaturated/α-hetero) is 1. The Balaban J connectivity index is 1.97. The Kier molecular flexibility index (Phi) is 5.11. The molecule has 6 heteroatoms. The molecule has 1 aromatic rings. The molecule has 1 heterocycles. The predicted octanol–water partition coefficient (Wildman–Crippen LogP) is 1.77. The molecule has 1 atom stereocenters. The standard InChI is InChI=1S/C15H20FNO3S/c1-21(19,20)10-9-17-8-2-3-13(11-17)15(18)12-4-6-14(16)7-5-12/h4-7,13H,2-3,8-11H2,1H3/t13-/m0/s1. The Hall–Kier alpha value is -1.27. The van der Waals surface area contributed by atoms with Crippen LogP contribution in [-0.4, -0.2) is 50.7 Å². The van der Waals surface area contributed by atoms with Crippen molar-refractivity contribution >= 4 is 15.6 Å². The first kappa shape index (κ1) is 16.1. The number of piperidine rings is 1. The second-order valence-corrected chi connectivity index (χ2v) is 7.90. The number of sulfone groups is 1. The van der Waals surface area contributed by atoms with Crippen LogP contribution in [0.15, 0.2) is 24.3 Å². The minimum Gasteiger partial charge on any atom is -0.302 e. The molecule has 0 aliphatic carbocycles. The van der Waals surface area contributed by atoms with Crippen molar-refractivity contribution in [3.63, 3.8) is 0 Å². The van der Waals surface area contributed by atoms with Crippen molar-refractivity contribution in [3.05, 3.63) is 35.6 Å². The van der Waals surface area contributed by atoms with E-state index in [1.54, 1.807) is 0 Å². The molecule has 1 saturated heterocycles. The zero-order valence-electron chi connectivity index (χ0n) is 12.1. The normalized spacial score (nSPS) is 20.4. The molecule has 1 fully saturated rings. The second-order valence-electron chi connectivity index (χ2n) is 5.64. The van der Waals surface area contributed by atoms with Gasteiger partial charge in [-0.25, -0.2) is 12.8 Å². The van der Waals surface area contributed by atoms with Gasteiger partial charge in [0.1, 0.15) is 15.7 Å². The summed E-state index contributed by atoms with van der Waals surface area (Å²) in [5, 5.41) is 0. The third-order valence-electron chi connectivity index (χ3n) is 3.78. The number of nitrogens with zero attached hydrogens (tertiary/aromatic N) is 1. The van der Waals surface area contributed by atoms with Crippen LogP contribution in [0.4, 0.5) is 4.39 Å². The number of rotatable bonds is 5. The molecule has 0 aromatic heterocycles. The summed E-state index contributed by atoms with van der Waals surface area (Å²) in [4.78, 5) is 14.4. The summed E-state index contributed by atoms with van der Waals surface area (Å²) in [5.74, 6) is -0.363. The molecular formula is C15H20FNO3S. The van der Waals surface area contributed by atoms with Gasteiger partial charge in [-0.05, 0) is 43.7 Å². The van der Waals surface area contributed by atoms with Crippen LogP contribution in [-0.2, 0) is 9.84 Å². The average molecular weight is 313 g/mol. The number of halogens is 1. The highest BCUT2D eigenvalue weighted by atomic mass is 32.2. The van der Waals surface area contributed by atoms with Crippen molar-refractivity contribution in [1.82, 2.24) is 4.90 Å². The van der Waals surface area contributed by atoms with Gasteiger partial charge in [-0.1, -0.05) is 0 Å². The maximum atomic E-state index is 12.9. The Bertz CT molecular complexity index is 598. The van der Waals surface area contributed by atoms with Crippen LogP contribution in [0.5, 0.6) is 0 Å². The highest BCUT2D eigenvalue weighted by Gasteiger charge is 2.26. The Morgan fingerprint density at radius 1 is 1.33 bits per heavy atom. The van der Waals surface area contributed by atoms with Crippen LogP contribution in [0, 0.1) is 11.7 Å². The van der Waals surface area contributed by atoms with Gasteiger partial charge in [0.15, 0.2) is 5.78 Å². The molecule has 0 spiro atoms. The topological polar surface area (TPSA) is 54.5 Å². The van der Waals surface area contributed by atoms with Crippen molar-refractivity contribution in [2.45, 2.75) is 12.8 Å². The fourth-order valence-corrected chi connectivity index (χ4v) is 3.21. The summed E-state index contributed by atoms with van der Waals surface area (Å²) in [5.41, 5.74) is 0.520. The summed E-state index contributed by atoms with van der Waals surface area (Å²) in [7, 11) is -2.99. The monoisotopic (exact) mass is 313 g/mol. The molecule has 0 saturated carbocycles. The third-order valence-corrected chi connectivity index (χ3v) is 4.71. The highest BCUT2D eigenvalue weighted by molar-refractivity contribution is 7.90. The number of carbonyl (C=O) groups excluding carboxylic acids is 1. The summed E-state index contributed by atoms with van der Waals surface area (Å²) >= 11 is 0. The fraction of sp³-hybridized carbons (Fsp3) is 0.533. The van der Waals surface area contributed by atoms with Gasteiger partial charge in [-0.3, -0.25) is 4.79 Å². The number of carbonyl (C=O) groups is 1. The van der Waals surface area contributed by atoms with E-state index in [9.17, 15) is 17.6 Å². The van der Waals surface area contributed by atoms with Crippen LogP contribution < -0.4 is 0 Å². The third kappa shape index (κ3) is 4.89. The zero-order valence-corrected chi connectivity index (χ0v) is 12.9. The summed E-state index contributed by atoms with van der Waals surface area (Å²) < 4.78 is 35.3. The van der Waals surface area contributed by atoms with E-state index in [0.29, 0.717) is 18.7 Å². The predicted molar refractivity (Wildman–Crippen MR) is 79.6 cm³/mol. The van der Waals surface area contributed by atoms with E-state index in [4.69, 9.17) is 0 Å². The number of benzene rings is 1. The molecule has 21 heavy (non-hydrogen) atoms. The maximum absolute atomic E-state index is 12.9. The number of hydrogen-bond donors (Lipinski definition) is 0. The summed E-state index contributed by atoms with van der Waals surface area (Å²) in [6, 6.07) is 5.59. The molecule has 1 aromatic carbocycles. The lowest BCUT2D eigenvalue weighted by atomic mass is 9.90. The van der Waals surface area contributed by atoms with E-state index < -0.39 is 9.84 Å². The van der Waals surface area contributed by atoms with Crippen molar-refractivity contribution < 1.29 is 17.6 Å². The van der Waals surface area contributed by atoms with Crippen LogP contribution in [0.1, 0.15) is 23.2 Å². The number of hydrogen-bond acceptors (Lipinski definition) is 4. The largest absolute Gasteiger partial charge is 0.302 e. The van der Waals surface area contributed by atoms with Crippen molar-refractivity contribution in [3.8, 4) is 0 Å². The molecule has 0 N–H and O–H groups in total. The quantitative estimate of drug-likeness (QED) is 0.777. The van der Waals surface area contributed by atoms with Crippen LogP contribution >= 0.6 is 0 Å². The molecule has 0 amide bonds. The summed E-state index contributed by atoms with van der Waals surface area (Å²) in [6.07, 6.45) is 2.89.